The number of benzene rings is 1. The maximum absolute atomic E-state index is 11.4. The zero-order chi connectivity index (χ0) is 15.9. The first-order valence-corrected chi connectivity index (χ1v) is 8.45. The van der Waals surface area contributed by atoms with E-state index in [4.69, 9.17) is 4.42 Å². The molecule has 0 spiro atoms. The Balaban J connectivity index is 2.22. The Morgan fingerprint density at radius 2 is 1.86 bits per heavy atom. The van der Waals surface area contributed by atoms with Gasteiger partial charge in [-0.3, -0.25) is 10.1 Å². The second kappa shape index (κ2) is 5.75. The van der Waals surface area contributed by atoms with Crippen LogP contribution < -0.4 is 0 Å². The van der Waals surface area contributed by atoms with Crippen LogP contribution in [0.25, 0.3) is 22.4 Å². The molecule has 0 bridgehead atoms. The van der Waals surface area contributed by atoms with E-state index in [1.807, 2.05) is 30.3 Å². The Hall–Kier alpha value is -1.25. The van der Waals surface area contributed by atoms with Gasteiger partial charge in [0.2, 0.25) is 5.76 Å². The molecule has 22 heavy (non-hydrogen) atoms. The molecule has 3 aromatic rings. The summed E-state index contributed by atoms with van der Waals surface area (Å²) in [5, 5.41) is 12.4. The topological polar surface area (TPSA) is 69.2 Å². The molecule has 0 amide bonds. The summed E-state index contributed by atoms with van der Waals surface area (Å²) >= 11 is 9.84. The monoisotopic (exact) mass is 488 g/mol. The molecule has 112 valence electrons. The van der Waals surface area contributed by atoms with Crippen molar-refractivity contribution in [3.8, 4) is 11.5 Å². The van der Waals surface area contributed by atoms with Crippen LogP contribution in [0.5, 0.6) is 0 Å². The molecule has 0 fully saturated rings. The van der Waals surface area contributed by atoms with Gasteiger partial charge in [0.25, 0.3) is 0 Å². The highest BCUT2D eigenvalue weighted by atomic mass is 80.0. The van der Waals surface area contributed by atoms with E-state index < -0.39 is 7.07 Å². The van der Waals surface area contributed by atoms with Crippen molar-refractivity contribution in [1.82, 2.24) is 4.98 Å². The van der Waals surface area contributed by atoms with Gasteiger partial charge >= 0.3 is 5.69 Å². The normalized spacial score (nSPS) is 11.8. The fourth-order valence-electron chi connectivity index (χ4n) is 2.11. The summed E-state index contributed by atoms with van der Waals surface area (Å²) in [5.74, 6) is 0.119. The number of hydrogen-bond donors (Lipinski definition) is 0. The summed E-state index contributed by atoms with van der Waals surface area (Å²) < 4.78 is 4.49. The van der Waals surface area contributed by atoms with Crippen LogP contribution in [0.15, 0.2) is 47.1 Å². The molecule has 0 unspecified atom stereocenters. The molecule has 5 nitrogen and oxygen atoms in total. The van der Waals surface area contributed by atoms with Crippen molar-refractivity contribution in [1.29, 1.82) is 0 Å². The largest absolute Gasteiger partial charge is 0.455 e. The van der Waals surface area contributed by atoms with E-state index in [-0.39, 0.29) is 11.4 Å². The average Bonchev–Trinajstić information content (AvgIpc) is 2.92. The maximum atomic E-state index is 11.4. The fraction of sp³-hybridized carbons (Fsp3) is 0.0714. The molecule has 1 aromatic carbocycles. The Bertz CT molecular complexity index is 871. The van der Waals surface area contributed by atoms with Crippen molar-refractivity contribution in [2.24, 2.45) is 0 Å². The molecule has 0 atom stereocenters. The first kappa shape index (κ1) is 15.6. The average molecular weight is 491 g/mol. The summed E-state index contributed by atoms with van der Waals surface area (Å²) in [6.07, 6.45) is 1.32. The third-order valence-corrected chi connectivity index (χ3v) is 4.37. The Kier molecular flexibility index (Phi) is 4.09. The molecule has 8 heteroatoms. The van der Waals surface area contributed by atoms with Crippen molar-refractivity contribution in [3.05, 3.63) is 58.3 Å². The zero-order valence-electron chi connectivity index (χ0n) is 10.8. The van der Waals surface area contributed by atoms with Crippen LogP contribution in [0.4, 0.5) is 5.69 Å². The minimum Gasteiger partial charge on any atom is -0.455 e. The van der Waals surface area contributed by atoms with Crippen LogP contribution in [-0.2, 0) is 2.14 Å². The van der Waals surface area contributed by atoms with E-state index in [0.29, 0.717) is 11.3 Å². The van der Waals surface area contributed by atoms with E-state index in [9.17, 15) is 10.1 Å². The molecular weight excluding hydrogens is 484 g/mol. The summed E-state index contributed by atoms with van der Waals surface area (Å²) in [6.45, 7) is 0. The van der Waals surface area contributed by atoms with Gasteiger partial charge in [-0.1, -0.05) is 72.1 Å². The van der Waals surface area contributed by atoms with Gasteiger partial charge < -0.3 is 4.42 Å². The first-order valence-electron chi connectivity index (χ1n) is 6.07. The highest BCUT2D eigenvalue weighted by Crippen LogP contribution is 2.51. The number of alkyl halides is 3. The predicted molar refractivity (Wildman–Crippen MR) is 94.6 cm³/mol. The number of fused-ring (bicyclic) bond motifs is 1. The first-order chi connectivity index (χ1) is 10.4. The van der Waals surface area contributed by atoms with Gasteiger partial charge in [-0.25, -0.2) is 4.98 Å². The standard InChI is InChI=1S/C14H7Br3N2O3/c15-14(16,17)9-7-22-13(12(9)19(20)21)11-6-5-8-3-1-2-4-10(8)18-11/h1-7H. The fourth-order valence-corrected chi connectivity index (χ4v) is 2.95. The maximum Gasteiger partial charge on any atom is 0.323 e. The van der Waals surface area contributed by atoms with E-state index in [1.54, 1.807) is 6.07 Å². The second-order valence-electron chi connectivity index (χ2n) is 4.47. The molecule has 0 aliphatic heterocycles. The Morgan fingerprint density at radius 3 is 2.55 bits per heavy atom. The van der Waals surface area contributed by atoms with Crippen LogP contribution in [0.3, 0.4) is 0 Å². The van der Waals surface area contributed by atoms with Crippen LogP contribution in [0.2, 0.25) is 0 Å². The van der Waals surface area contributed by atoms with E-state index in [1.165, 1.54) is 6.26 Å². The number of nitrogens with zero attached hydrogens (tertiary/aromatic N) is 2. The Morgan fingerprint density at radius 1 is 1.14 bits per heavy atom. The van der Waals surface area contributed by atoms with Gasteiger partial charge in [0.1, 0.15) is 17.5 Å². The number of aromatic nitrogens is 1. The lowest BCUT2D eigenvalue weighted by Gasteiger charge is -2.08. The number of hydrogen-bond acceptors (Lipinski definition) is 4. The molecule has 0 aliphatic rings. The molecule has 3 rings (SSSR count). The lowest BCUT2D eigenvalue weighted by atomic mass is 10.1. The second-order valence-corrected chi connectivity index (χ2v) is 11.2. The van der Waals surface area contributed by atoms with Crippen LogP contribution in [-0.4, -0.2) is 9.91 Å². The van der Waals surface area contributed by atoms with Crippen LogP contribution in [0, 0.1) is 10.1 Å². The molecule has 0 saturated carbocycles. The third-order valence-electron chi connectivity index (χ3n) is 3.08. The van der Waals surface area contributed by atoms with Crippen molar-refractivity contribution < 1.29 is 9.34 Å². The van der Waals surface area contributed by atoms with Gasteiger partial charge in [0.05, 0.1) is 10.4 Å². The number of nitro groups is 1. The zero-order valence-corrected chi connectivity index (χ0v) is 15.6. The van der Waals surface area contributed by atoms with Crippen molar-refractivity contribution >= 4 is 64.4 Å². The minimum absolute atomic E-state index is 0.119. The van der Waals surface area contributed by atoms with Crippen molar-refractivity contribution in [3.63, 3.8) is 0 Å². The number of pyridine rings is 1. The molecule has 0 aliphatic carbocycles. The van der Waals surface area contributed by atoms with Crippen molar-refractivity contribution in [2.75, 3.05) is 0 Å². The molecule has 2 aromatic heterocycles. The summed E-state index contributed by atoms with van der Waals surface area (Å²) in [5.41, 5.74) is 1.33. The summed E-state index contributed by atoms with van der Waals surface area (Å²) in [6, 6.07) is 11.1. The SMILES string of the molecule is O=[N+]([O-])c1c(C(Br)(Br)Br)coc1-c1ccc2ccccc2n1. The number of para-hydroxylation sites is 1. The van der Waals surface area contributed by atoms with E-state index in [2.05, 4.69) is 52.8 Å². The van der Waals surface area contributed by atoms with E-state index in [0.717, 1.165) is 10.9 Å². The molecule has 0 radical (unpaired) electrons. The van der Waals surface area contributed by atoms with Crippen LogP contribution >= 0.6 is 47.8 Å². The van der Waals surface area contributed by atoms with Gasteiger partial charge in [-0.05, 0) is 12.1 Å². The highest BCUT2D eigenvalue weighted by molar-refractivity contribution is 9.38. The summed E-state index contributed by atoms with van der Waals surface area (Å²) in [4.78, 5) is 15.4. The van der Waals surface area contributed by atoms with Crippen molar-refractivity contribution in [2.45, 2.75) is 2.14 Å². The quantitative estimate of drug-likeness (QED) is 0.262. The van der Waals surface area contributed by atoms with E-state index >= 15 is 0 Å². The van der Waals surface area contributed by atoms with Gasteiger partial charge in [0, 0.05) is 5.39 Å². The van der Waals surface area contributed by atoms with Gasteiger partial charge in [0.15, 0.2) is 2.14 Å². The lowest BCUT2D eigenvalue weighted by Crippen LogP contribution is -2.01. The lowest BCUT2D eigenvalue weighted by molar-refractivity contribution is -0.385. The van der Waals surface area contributed by atoms with Crippen LogP contribution in [0.1, 0.15) is 5.56 Å². The molecule has 0 N–H and O–H groups in total. The smallest absolute Gasteiger partial charge is 0.323 e. The number of rotatable bonds is 2. The third kappa shape index (κ3) is 2.82. The van der Waals surface area contributed by atoms with Gasteiger partial charge in [-0.15, -0.1) is 0 Å². The highest BCUT2D eigenvalue weighted by Gasteiger charge is 2.37. The molecule has 2 heterocycles. The molecule has 0 saturated heterocycles. The minimum atomic E-state index is -0.937. The Labute approximate surface area is 150 Å². The number of furan rings is 1. The molecular formula is C14H7Br3N2O3. The predicted octanol–water partition coefficient (Wildman–Crippen LogP) is 5.70. The summed E-state index contributed by atoms with van der Waals surface area (Å²) in [7, 11) is 0. The van der Waals surface area contributed by atoms with Gasteiger partial charge in [-0.2, -0.15) is 0 Å². The number of halogens is 3.